The molecule has 0 spiro atoms. The van der Waals surface area contributed by atoms with Gasteiger partial charge in [0, 0.05) is 57.1 Å². The van der Waals surface area contributed by atoms with Gasteiger partial charge < -0.3 is 19.8 Å². The Morgan fingerprint density at radius 3 is 2.95 bits per heavy atom. The summed E-state index contributed by atoms with van der Waals surface area (Å²) in [5, 5.41) is 3.50. The van der Waals surface area contributed by atoms with Gasteiger partial charge in [0.15, 0.2) is 0 Å². The Balaban J connectivity index is 1.70. The molecule has 5 heteroatoms. The zero-order valence-corrected chi connectivity index (χ0v) is 11.6. The van der Waals surface area contributed by atoms with Gasteiger partial charge in [-0.3, -0.25) is 0 Å². The van der Waals surface area contributed by atoms with Gasteiger partial charge in [-0.1, -0.05) is 0 Å². The number of hydrogen-bond donors (Lipinski definition) is 2. The van der Waals surface area contributed by atoms with Gasteiger partial charge in [-0.25, -0.2) is 4.98 Å². The number of H-pyrrole nitrogens is 1. The molecule has 0 radical (unpaired) electrons. The van der Waals surface area contributed by atoms with Gasteiger partial charge in [-0.05, 0) is 19.8 Å². The van der Waals surface area contributed by atoms with Gasteiger partial charge in [0.25, 0.3) is 0 Å². The van der Waals surface area contributed by atoms with E-state index < -0.39 is 0 Å². The number of nitrogens with one attached hydrogen (secondary N) is 2. The number of imidazole rings is 1. The Morgan fingerprint density at radius 2 is 2.26 bits per heavy atom. The highest BCUT2D eigenvalue weighted by atomic mass is 16.5. The molecule has 0 atom stereocenters. The molecule has 2 fully saturated rings. The van der Waals surface area contributed by atoms with Crippen LogP contribution >= 0.6 is 0 Å². The topological polar surface area (TPSA) is 59.2 Å². The molecule has 19 heavy (non-hydrogen) atoms. The fourth-order valence-corrected chi connectivity index (χ4v) is 2.65. The zero-order chi connectivity index (χ0) is 13.1. The van der Waals surface area contributed by atoms with Crippen molar-refractivity contribution >= 4 is 0 Å². The molecule has 2 aliphatic rings. The molecular weight excluding hydrogens is 242 g/mol. The molecule has 1 aromatic heterocycles. The Kier molecular flexibility index (Phi) is 3.86. The highest BCUT2D eigenvalue weighted by molar-refractivity contribution is 5.10. The Hall–Kier alpha value is -0.910. The van der Waals surface area contributed by atoms with E-state index in [0.717, 1.165) is 50.2 Å². The van der Waals surface area contributed by atoms with Gasteiger partial charge in [0.05, 0.1) is 0 Å². The lowest BCUT2D eigenvalue weighted by Gasteiger charge is -2.35. The van der Waals surface area contributed by atoms with E-state index in [-0.39, 0.29) is 5.60 Å². The second-order valence-corrected chi connectivity index (χ2v) is 5.45. The third kappa shape index (κ3) is 2.99. The van der Waals surface area contributed by atoms with Crippen LogP contribution in [0.15, 0.2) is 6.20 Å². The minimum Gasteiger partial charge on any atom is -0.381 e. The van der Waals surface area contributed by atoms with Crippen LogP contribution in [0.2, 0.25) is 0 Å². The molecule has 3 rings (SSSR count). The Bertz CT molecular complexity index is 403. The SMILES string of the molecule is CCOC1(c2ncc(CNC3CC3)[nH]2)CCOCC1. The molecule has 1 aliphatic carbocycles. The van der Waals surface area contributed by atoms with Crippen LogP contribution in [0.3, 0.4) is 0 Å². The fourth-order valence-electron chi connectivity index (χ4n) is 2.65. The Labute approximate surface area is 114 Å². The van der Waals surface area contributed by atoms with Crippen molar-refractivity contribution in [1.82, 2.24) is 15.3 Å². The van der Waals surface area contributed by atoms with Crippen LogP contribution in [0.1, 0.15) is 44.1 Å². The molecule has 1 saturated carbocycles. The summed E-state index contributed by atoms with van der Waals surface area (Å²) in [5.74, 6) is 0.963. The molecule has 5 nitrogen and oxygen atoms in total. The number of aromatic amines is 1. The quantitative estimate of drug-likeness (QED) is 0.822. The molecule has 1 saturated heterocycles. The fraction of sp³-hybridized carbons (Fsp3) is 0.786. The highest BCUT2D eigenvalue weighted by Crippen LogP contribution is 2.34. The maximum Gasteiger partial charge on any atom is 0.138 e. The van der Waals surface area contributed by atoms with E-state index in [2.05, 4.69) is 15.3 Å². The molecule has 1 aliphatic heterocycles. The summed E-state index contributed by atoms with van der Waals surface area (Å²) in [7, 11) is 0. The predicted molar refractivity (Wildman–Crippen MR) is 71.8 cm³/mol. The van der Waals surface area contributed by atoms with Crippen molar-refractivity contribution in [2.24, 2.45) is 0 Å². The van der Waals surface area contributed by atoms with E-state index in [9.17, 15) is 0 Å². The van der Waals surface area contributed by atoms with Crippen LogP contribution in [0.25, 0.3) is 0 Å². The molecule has 2 heterocycles. The van der Waals surface area contributed by atoms with E-state index in [0.29, 0.717) is 6.61 Å². The van der Waals surface area contributed by atoms with Crippen molar-refractivity contribution < 1.29 is 9.47 Å². The minimum absolute atomic E-state index is 0.273. The number of nitrogens with zero attached hydrogens (tertiary/aromatic N) is 1. The van der Waals surface area contributed by atoms with E-state index >= 15 is 0 Å². The third-order valence-electron chi connectivity index (χ3n) is 3.94. The molecule has 1 aromatic rings. The lowest BCUT2D eigenvalue weighted by Crippen LogP contribution is -2.37. The average Bonchev–Trinajstić information content (AvgIpc) is 3.14. The van der Waals surface area contributed by atoms with Crippen molar-refractivity contribution in [3.05, 3.63) is 17.7 Å². The van der Waals surface area contributed by atoms with Crippen molar-refractivity contribution in [2.45, 2.75) is 50.8 Å². The van der Waals surface area contributed by atoms with Crippen LogP contribution < -0.4 is 5.32 Å². The van der Waals surface area contributed by atoms with Crippen molar-refractivity contribution in [1.29, 1.82) is 0 Å². The molecule has 0 amide bonds. The highest BCUT2D eigenvalue weighted by Gasteiger charge is 2.38. The monoisotopic (exact) mass is 265 g/mol. The predicted octanol–water partition coefficient (Wildman–Crippen LogP) is 1.70. The van der Waals surface area contributed by atoms with Gasteiger partial charge >= 0.3 is 0 Å². The number of rotatable bonds is 6. The molecule has 0 aromatic carbocycles. The van der Waals surface area contributed by atoms with Crippen molar-refractivity contribution in [3.63, 3.8) is 0 Å². The molecule has 2 N–H and O–H groups in total. The van der Waals surface area contributed by atoms with E-state index in [1.165, 1.54) is 12.8 Å². The van der Waals surface area contributed by atoms with Crippen molar-refractivity contribution in [2.75, 3.05) is 19.8 Å². The largest absolute Gasteiger partial charge is 0.381 e. The standard InChI is InChI=1S/C14H23N3O2/c1-2-19-14(5-7-18-8-6-14)13-16-10-12(17-13)9-15-11-3-4-11/h10-11,15H,2-9H2,1H3,(H,16,17). The number of ether oxygens (including phenoxy) is 2. The van der Waals surface area contributed by atoms with Crippen LogP contribution in [-0.2, 0) is 21.6 Å². The average molecular weight is 265 g/mol. The number of aromatic nitrogens is 2. The maximum atomic E-state index is 6.01. The summed E-state index contributed by atoms with van der Waals surface area (Å²) in [4.78, 5) is 7.99. The first-order valence-corrected chi connectivity index (χ1v) is 7.32. The van der Waals surface area contributed by atoms with Gasteiger partial charge in [-0.2, -0.15) is 0 Å². The van der Waals surface area contributed by atoms with E-state index in [1.54, 1.807) is 0 Å². The lowest BCUT2D eigenvalue weighted by atomic mass is 9.93. The number of hydrogen-bond acceptors (Lipinski definition) is 4. The lowest BCUT2D eigenvalue weighted by molar-refractivity contribution is -0.117. The van der Waals surface area contributed by atoms with Crippen LogP contribution in [0.4, 0.5) is 0 Å². The van der Waals surface area contributed by atoms with E-state index in [1.807, 2.05) is 13.1 Å². The summed E-state index contributed by atoms with van der Waals surface area (Å²) in [6, 6.07) is 0.718. The summed E-state index contributed by atoms with van der Waals surface area (Å²) in [6.45, 7) is 5.11. The minimum atomic E-state index is -0.273. The third-order valence-corrected chi connectivity index (χ3v) is 3.94. The first-order valence-electron chi connectivity index (χ1n) is 7.32. The van der Waals surface area contributed by atoms with Crippen LogP contribution in [0, 0.1) is 0 Å². The molecule has 0 bridgehead atoms. The summed E-state index contributed by atoms with van der Waals surface area (Å²) >= 11 is 0. The first-order chi connectivity index (χ1) is 9.32. The van der Waals surface area contributed by atoms with Crippen molar-refractivity contribution in [3.8, 4) is 0 Å². The normalized spacial score (nSPS) is 22.6. The summed E-state index contributed by atoms with van der Waals surface area (Å²) < 4.78 is 11.5. The molecular formula is C14H23N3O2. The van der Waals surface area contributed by atoms with E-state index in [4.69, 9.17) is 9.47 Å². The second-order valence-electron chi connectivity index (χ2n) is 5.45. The van der Waals surface area contributed by atoms with Crippen LogP contribution in [0.5, 0.6) is 0 Å². The van der Waals surface area contributed by atoms with Gasteiger partial charge in [-0.15, -0.1) is 0 Å². The molecule has 0 unspecified atom stereocenters. The van der Waals surface area contributed by atoms with Gasteiger partial charge in [0.2, 0.25) is 0 Å². The summed E-state index contributed by atoms with van der Waals surface area (Å²) in [5.41, 5.74) is 0.873. The smallest absolute Gasteiger partial charge is 0.138 e. The van der Waals surface area contributed by atoms with Crippen LogP contribution in [-0.4, -0.2) is 35.8 Å². The Morgan fingerprint density at radius 1 is 1.47 bits per heavy atom. The molecule has 106 valence electrons. The maximum absolute atomic E-state index is 6.01. The van der Waals surface area contributed by atoms with Gasteiger partial charge in [0.1, 0.15) is 11.4 Å². The summed E-state index contributed by atoms with van der Waals surface area (Å²) in [6.07, 6.45) is 6.30. The first kappa shape index (κ1) is 13.1. The second kappa shape index (κ2) is 5.61. The zero-order valence-electron chi connectivity index (χ0n) is 11.6.